The lowest BCUT2D eigenvalue weighted by Gasteiger charge is -2.36. The largest absolute Gasteiger partial charge is 0.435 e. The Morgan fingerprint density at radius 3 is 2.65 bits per heavy atom. The van der Waals surface area contributed by atoms with Gasteiger partial charge in [-0.1, -0.05) is 0 Å². The summed E-state index contributed by atoms with van der Waals surface area (Å²) in [7, 11) is 1.92. The Hall–Kier alpha value is -1.37. The summed E-state index contributed by atoms with van der Waals surface area (Å²) in [6.45, 7) is 3.72. The van der Waals surface area contributed by atoms with E-state index in [-0.39, 0.29) is 0 Å². The Morgan fingerprint density at radius 2 is 2.10 bits per heavy atom. The zero-order valence-corrected chi connectivity index (χ0v) is 11.6. The third-order valence-electron chi connectivity index (χ3n) is 3.89. The van der Waals surface area contributed by atoms with Gasteiger partial charge in [-0.2, -0.15) is 13.2 Å². The molecule has 0 radical (unpaired) electrons. The number of hydrogen-bond acceptors (Lipinski definition) is 4. The van der Waals surface area contributed by atoms with Crippen molar-refractivity contribution < 1.29 is 13.2 Å². The highest BCUT2D eigenvalue weighted by Gasteiger charge is 2.33. The van der Waals surface area contributed by atoms with Crippen LogP contribution in [0.1, 0.15) is 25.5 Å². The first-order chi connectivity index (χ1) is 9.41. The maximum absolute atomic E-state index is 12.5. The number of nitrogens with one attached hydrogen (secondary N) is 1. The van der Waals surface area contributed by atoms with Crippen molar-refractivity contribution in [3.8, 4) is 0 Å². The van der Waals surface area contributed by atoms with Crippen molar-refractivity contribution >= 4 is 5.82 Å². The normalized spacial score (nSPS) is 21.9. The summed E-state index contributed by atoms with van der Waals surface area (Å²) in [5.41, 5.74) is -0.946. The van der Waals surface area contributed by atoms with Gasteiger partial charge in [-0.25, -0.2) is 0 Å². The number of rotatable bonds is 3. The van der Waals surface area contributed by atoms with Crippen LogP contribution in [-0.2, 0) is 6.18 Å². The maximum Gasteiger partial charge on any atom is 0.435 e. The topological polar surface area (TPSA) is 41.0 Å². The van der Waals surface area contributed by atoms with Crippen molar-refractivity contribution in [1.29, 1.82) is 0 Å². The van der Waals surface area contributed by atoms with Gasteiger partial charge in [0.2, 0.25) is 0 Å². The second-order valence-electron chi connectivity index (χ2n) is 5.20. The number of piperidine rings is 1. The molecule has 7 heteroatoms. The molecule has 0 aromatic carbocycles. The maximum atomic E-state index is 12.5. The van der Waals surface area contributed by atoms with Gasteiger partial charge >= 0.3 is 6.18 Å². The van der Waals surface area contributed by atoms with Gasteiger partial charge in [0.25, 0.3) is 0 Å². The predicted octanol–water partition coefficient (Wildman–Crippen LogP) is 2.32. The summed E-state index contributed by atoms with van der Waals surface area (Å²) < 4.78 is 37.4. The van der Waals surface area contributed by atoms with E-state index in [4.69, 9.17) is 0 Å². The SMILES string of the molecule is CNC(C)C1CCCN(c2ccc(C(F)(F)F)nn2)C1. The third kappa shape index (κ3) is 3.39. The van der Waals surface area contributed by atoms with E-state index in [0.29, 0.717) is 17.8 Å². The van der Waals surface area contributed by atoms with E-state index in [2.05, 4.69) is 22.4 Å². The molecule has 2 rings (SSSR count). The summed E-state index contributed by atoms with van der Waals surface area (Å²) in [4.78, 5) is 2.01. The number of aromatic nitrogens is 2. The highest BCUT2D eigenvalue weighted by molar-refractivity contribution is 5.38. The second kappa shape index (κ2) is 5.95. The Kier molecular flexibility index (Phi) is 4.47. The average molecular weight is 288 g/mol. The number of hydrogen-bond donors (Lipinski definition) is 1. The highest BCUT2D eigenvalue weighted by Crippen LogP contribution is 2.28. The van der Waals surface area contributed by atoms with E-state index >= 15 is 0 Å². The van der Waals surface area contributed by atoms with Crippen molar-refractivity contribution in [3.63, 3.8) is 0 Å². The van der Waals surface area contributed by atoms with Crippen LogP contribution in [0.25, 0.3) is 0 Å². The van der Waals surface area contributed by atoms with Crippen molar-refractivity contribution in [2.45, 2.75) is 32.0 Å². The molecule has 0 aliphatic carbocycles. The van der Waals surface area contributed by atoms with Gasteiger partial charge in [0, 0.05) is 19.1 Å². The molecule has 1 fully saturated rings. The first-order valence-electron chi connectivity index (χ1n) is 6.75. The summed E-state index contributed by atoms with van der Waals surface area (Å²) >= 11 is 0. The van der Waals surface area contributed by atoms with E-state index in [9.17, 15) is 13.2 Å². The molecule has 1 N–H and O–H groups in total. The fourth-order valence-corrected chi connectivity index (χ4v) is 2.51. The average Bonchev–Trinajstić information content (AvgIpc) is 2.46. The van der Waals surface area contributed by atoms with Gasteiger partial charge < -0.3 is 10.2 Å². The minimum atomic E-state index is -4.43. The molecule has 0 saturated carbocycles. The Morgan fingerprint density at radius 1 is 1.35 bits per heavy atom. The molecule has 20 heavy (non-hydrogen) atoms. The van der Waals surface area contributed by atoms with Crippen LogP contribution in [0.5, 0.6) is 0 Å². The van der Waals surface area contributed by atoms with Crippen LogP contribution in [0.4, 0.5) is 19.0 Å². The van der Waals surface area contributed by atoms with E-state index < -0.39 is 11.9 Å². The predicted molar refractivity (Wildman–Crippen MR) is 70.5 cm³/mol. The monoisotopic (exact) mass is 288 g/mol. The zero-order valence-electron chi connectivity index (χ0n) is 11.6. The Labute approximate surface area is 116 Å². The molecular formula is C13H19F3N4. The summed E-state index contributed by atoms with van der Waals surface area (Å²) in [5, 5.41) is 10.2. The Balaban J connectivity index is 2.07. The van der Waals surface area contributed by atoms with Gasteiger partial charge in [-0.15, -0.1) is 10.2 Å². The minimum Gasteiger partial charge on any atom is -0.355 e. The van der Waals surface area contributed by atoms with E-state index in [0.717, 1.165) is 32.0 Å². The summed E-state index contributed by atoms with van der Waals surface area (Å²) in [6.07, 6.45) is -2.30. The molecule has 2 heterocycles. The number of nitrogens with zero attached hydrogens (tertiary/aromatic N) is 3. The highest BCUT2D eigenvalue weighted by atomic mass is 19.4. The molecular weight excluding hydrogens is 269 g/mol. The number of anilines is 1. The molecule has 1 aliphatic rings. The molecule has 2 atom stereocenters. The van der Waals surface area contributed by atoms with Crippen LogP contribution in [-0.4, -0.2) is 36.4 Å². The van der Waals surface area contributed by atoms with Gasteiger partial charge in [-0.3, -0.25) is 0 Å². The van der Waals surface area contributed by atoms with E-state index in [1.807, 2.05) is 11.9 Å². The van der Waals surface area contributed by atoms with Crippen molar-refractivity contribution in [3.05, 3.63) is 17.8 Å². The third-order valence-corrected chi connectivity index (χ3v) is 3.89. The van der Waals surface area contributed by atoms with Gasteiger partial charge in [0.05, 0.1) is 0 Å². The number of alkyl halides is 3. The summed E-state index contributed by atoms with van der Waals surface area (Å²) in [6, 6.07) is 2.77. The first kappa shape index (κ1) is 15.0. The molecule has 0 spiro atoms. The van der Waals surface area contributed by atoms with Crippen LogP contribution < -0.4 is 10.2 Å². The Bertz CT molecular complexity index is 432. The number of halogens is 3. The summed E-state index contributed by atoms with van der Waals surface area (Å²) in [5.74, 6) is 0.990. The second-order valence-corrected chi connectivity index (χ2v) is 5.20. The molecule has 1 aromatic rings. The van der Waals surface area contributed by atoms with Gasteiger partial charge in [0.15, 0.2) is 11.5 Å². The zero-order chi connectivity index (χ0) is 14.8. The van der Waals surface area contributed by atoms with Crippen molar-refractivity contribution in [1.82, 2.24) is 15.5 Å². The van der Waals surface area contributed by atoms with Crippen LogP contribution in [0.3, 0.4) is 0 Å². The molecule has 1 aliphatic heterocycles. The van der Waals surface area contributed by atoms with Crippen molar-refractivity contribution in [2.75, 3.05) is 25.0 Å². The lowest BCUT2D eigenvalue weighted by atomic mass is 9.92. The van der Waals surface area contributed by atoms with Crippen LogP contribution in [0, 0.1) is 5.92 Å². The fourth-order valence-electron chi connectivity index (χ4n) is 2.51. The molecule has 4 nitrogen and oxygen atoms in total. The van der Waals surface area contributed by atoms with Crippen LogP contribution >= 0.6 is 0 Å². The van der Waals surface area contributed by atoms with Crippen molar-refractivity contribution in [2.24, 2.45) is 5.92 Å². The quantitative estimate of drug-likeness (QED) is 0.927. The lowest BCUT2D eigenvalue weighted by molar-refractivity contribution is -0.141. The molecule has 1 aromatic heterocycles. The standard InChI is InChI=1S/C13H19F3N4/c1-9(17-2)10-4-3-7-20(8-10)12-6-5-11(18-19-12)13(14,15)16/h5-6,9-10,17H,3-4,7-8H2,1-2H3. The molecule has 112 valence electrons. The van der Waals surface area contributed by atoms with E-state index in [1.165, 1.54) is 6.07 Å². The molecule has 2 unspecified atom stereocenters. The first-order valence-corrected chi connectivity index (χ1v) is 6.75. The van der Waals surface area contributed by atoms with Gasteiger partial charge in [0.1, 0.15) is 0 Å². The van der Waals surface area contributed by atoms with E-state index in [1.54, 1.807) is 0 Å². The van der Waals surface area contributed by atoms with Crippen LogP contribution in [0.2, 0.25) is 0 Å². The van der Waals surface area contributed by atoms with Gasteiger partial charge in [-0.05, 0) is 44.9 Å². The van der Waals surface area contributed by atoms with Crippen LogP contribution in [0.15, 0.2) is 12.1 Å². The lowest BCUT2D eigenvalue weighted by Crippen LogP contribution is -2.43. The molecule has 0 amide bonds. The smallest absolute Gasteiger partial charge is 0.355 e. The minimum absolute atomic E-state index is 0.375. The molecule has 0 bridgehead atoms. The molecule has 1 saturated heterocycles. The fraction of sp³-hybridized carbons (Fsp3) is 0.692.